The number of benzene rings is 1. The molecule has 0 aliphatic heterocycles. The highest BCUT2D eigenvalue weighted by atomic mass is 16.6. The zero-order valence-electron chi connectivity index (χ0n) is 9.64. The lowest BCUT2D eigenvalue weighted by Gasteiger charge is -1.96. The molecule has 4 heteroatoms. The quantitative estimate of drug-likeness (QED) is 0.644. The second-order valence-corrected chi connectivity index (χ2v) is 3.93. The molecule has 0 aliphatic carbocycles. The summed E-state index contributed by atoms with van der Waals surface area (Å²) in [6.07, 6.45) is 4.73. The predicted octanol–water partition coefficient (Wildman–Crippen LogP) is 3.59. The van der Waals surface area contributed by atoms with Crippen LogP contribution >= 0.6 is 0 Å². The van der Waals surface area contributed by atoms with Gasteiger partial charge in [0.1, 0.15) is 0 Å². The van der Waals surface area contributed by atoms with Gasteiger partial charge in [-0.2, -0.15) is 0 Å². The fourth-order valence-corrected chi connectivity index (χ4v) is 1.87. The molecule has 0 spiro atoms. The highest BCUT2D eigenvalue weighted by Gasteiger charge is 2.10. The summed E-state index contributed by atoms with van der Waals surface area (Å²) in [5.74, 6) is 0. The Hall–Kier alpha value is -2.10. The molecule has 0 bridgehead atoms. The maximum Gasteiger partial charge on any atom is 0.246 e. The molecule has 1 N–H and O–H groups in total. The summed E-state index contributed by atoms with van der Waals surface area (Å²) in [6, 6.07) is 7.78. The van der Waals surface area contributed by atoms with Gasteiger partial charge in [-0.1, -0.05) is 25.1 Å². The highest BCUT2D eigenvalue weighted by molar-refractivity contribution is 5.88. The Morgan fingerprint density at radius 1 is 1.47 bits per heavy atom. The van der Waals surface area contributed by atoms with Gasteiger partial charge in [-0.3, -0.25) is 10.1 Å². The first-order valence-electron chi connectivity index (χ1n) is 5.63. The fraction of sp³-hybridized carbons (Fsp3) is 0.231. The third kappa shape index (κ3) is 2.36. The lowest BCUT2D eigenvalue weighted by Crippen LogP contribution is -1.97. The van der Waals surface area contributed by atoms with Crippen molar-refractivity contribution < 1.29 is 4.92 Å². The molecular formula is C13H14N2O2. The minimum atomic E-state index is -0.300. The van der Waals surface area contributed by atoms with E-state index < -0.39 is 0 Å². The van der Waals surface area contributed by atoms with E-state index in [1.165, 1.54) is 0 Å². The molecule has 2 rings (SSSR count). The van der Waals surface area contributed by atoms with Crippen LogP contribution in [0.15, 0.2) is 36.2 Å². The first-order valence-corrected chi connectivity index (χ1v) is 5.63. The minimum Gasteiger partial charge on any atom is -0.361 e. The number of hydrogen-bond donors (Lipinski definition) is 1. The van der Waals surface area contributed by atoms with E-state index in [1.807, 2.05) is 37.4 Å². The zero-order chi connectivity index (χ0) is 12.3. The summed E-state index contributed by atoms with van der Waals surface area (Å²) >= 11 is 0. The van der Waals surface area contributed by atoms with E-state index in [0.717, 1.165) is 22.9 Å². The Balaban J connectivity index is 2.45. The summed E-state index contributed by atoms with van der Waals surface area (Å²) in [7, 11) is 0. The van der Waals surface area contributed by atoms with Crippen LogP contribution in [0.3, 0.4) is 0 Å². The number of aromatic amines is 1. The van der Waals surface area contributed by atoms with Crippen LogP contribution in [-0.2, 0) is 0 Å². The van der Waals surface area contributed by atoms with Crippen LogP contribution in [0.1, 0.15) is 25.3 Å². The van der Waals surface area contributed by atoms with E-state index in [0.29, 0.717) is 6.42 Å². The lowest BCUT2D eigenvalue weighted by atomic mass is 10.1. The standard InChI is InChI=1S/C13H14N2O2/c1-2-5-11(15(16)17)8-10-9-14-13-7-4-3-6-12(10)13/h3-4,6-9,14H,2,5H2,1H3/b11-8-. The molecule has 2 aromatic rings. The monoisotopic (exact) mass is 230 g/mol. The van der Waals surface area contributed by atoms with Crippen molar-refractivity contribution in [3.05, 3.63) is 51.8 Å². The second-order valence-electron chi connectivity index (χ2n) is 3.93. The third-order valence-electron chi connectivity index (χ3n) is 2.68. The van der Waals surface area contributed by atoms with Crippen molar-refractivity contribution in [3.63, 3.8) is 0 Å². The van der Waals surface area contributed by atoms with E-state index >= 15 is 0 Å². The van der Waals surface area contributed by atoms with E-state index in [9.17, 15) is 10.1 Å². The van der Waals surface area contributed by atoms with Crippen molar-refractivity contribution in [2.75, 3.05) is 0 Å². The normalized spacial score (nSPS) is 11.9. The SMILES string of the molecule is CCC/C(=C/c1c[nH]c2ccccc12)[N+](=O)[O-]. The molecule has 0 atom stereocenters. The van der Waals surface area contributed by atoms with Crippen LogP contribution in [0.5, 0.6) is 0 Å². The van der Waals surface area contributed by atoms with Crippen molar-refractivity contribution >= 4 is 17.0 Å². The number of nitro groups is 1. The van der Waals surface area contributed by atoms with Crippen LogP contribution in [0, 0.1) is 10.1 Å². The number of H-pyrrole nitrogens is 1. The van der Waals surface area contributed by atoms with Crippen LogP contribution in [-0.4, -0.2) is 9.91 Å². The Morgan fingerprint density at radius 3 is 2.94 bits per heavy atom. The molecule has 17 heavy (non-hydrogen) atoms. The molecule has 0 fully saturated rings. The Morgan fingerprint density at radius 2 is 2.24 bits per heavy atom. The number of hydrogen-bond acceptors (Lipinski definition) is 2. The van der Waals surface area contributed by atoms with Crippen molar-refractivity contribution in [1.29, 1.82) is 0 Å². The molecule has 4 nitrogen and oxygen atoms in total. The van der Waals surface area contributed by atoms with Gasteiger partial charge in [-0.25, -0.2) is 0 Å². The zero-order valence-corrected chi connectivity index (χ0v) is 9.64. The number of nitrogens with zero attached hydrogens (tertiary/aromatic N) is 1. The van der Waals surface area contributed by atoms with Crippen LogP contribution in [0.25, 0.3) is 17.0 Å². The number of fused-ring (bicyclic) bond motifs is 1. The van der Waals surface area contributed by atoms with Gasteiger partial charge >= 0.3 is 0 Å². The molecule has 0 unspecified atom stereocenters. The number of aromatic nitrogens is 1. The van der Waals surface area contributed by atoms with Gasteiger partial charge in [0.15, 0.2) is 0 Å². The average molecular weight is 230 g/mol. The number of rotatable bonds is 4. The minimum absolute atomic E-state index is 0.261. The molecule has 0 saturated carbocycles. The molecule has 1 heterocycles. The lowest BCUT2D eigenvalue weighted by molar-refractivity contribution is -0.426. The molecule has 88 valence electrons. The topological polar surface area (TPSA) is 58.9 Å². The van der Waals surface area contributed by atoms with Crippen molar-refractivity contribution in [2.24, 2.45) is 0 Å². The van der Waals surface area contributed by atoms with Gasteiger partial charge < -0.3 is 4.98 Å². The molecule has 0 saturated heterocycles. The van der Waals surface area contributed by atoms with Gasteiger partial charge in [0, 0.05) is 35.2 Å². The van der Waals surface area contributed by atoms with Crippen LogP contribution < -0.4 is 0 Å². The van der Waals surface area contributed by atoms with Gasteiger partial charge in [-0.15, -0.1) is 0 Å². The fourth-order valence-electron chi connectivity index (χ4n) is 1.87. The number of para-hydroxylation sites is 1. The van der Waals surface area contributed by atoms with Gasteiger partial charge in [0.05, 0.1) is 4.92 Å². The molecular weight excluding hydrogens is 216 g/mol. The second kappa shape index (κ2) is 4.82. The van der Waals surface area contributed by atoms with Crippen molar-refractivity contribution in [2.45, 2.75) is 19.8 Å². The van der Waals surface area contributed by atoms with Crippen LogP contribution in [0.2, 0.25) is 0 Å². The van der Waals surface area contributed by atoms with Crippen LogP contribution in [0.4, 0.5) is 0 Å². The summed E-state index contributed by atoms with van der Waals surface area (Å²) in [5.41, 5.74) is 2.14. The third-order valence-corrected chi connectivity index (χ3v) is 2.68. The maximum atomic E-state index is 10.9. The molecule has 0 aliphatic rings. The van der Waals surface area contributed by atoms with Crippen molar-refractivity contribution in [1.82, 2.24) is 4.98 Å². The van der Waals surface area contributed by atoms with E-state index in [4.69, 9.17) is 0 Å². The van der Waals surface area contributed by atoms with Gasteiger partial charge in [0.2, 0.25) is 5.70 Å². The smallest absolute Gasteiger partial charge is 0.246 e. The summed E-state index contributed by atoms with van der Waals surface area (Å²) < 4.78 is 0. The molecule has 0 amide bonds. The summed E-state index contributed by atoms with van der Waals surface area (Å²) in [5, 5.41) is 11.9. The first-order chi connectivity index (χ1) is 8.22. The largest absolute Gasteiger partial charge is 0.361 e. The molecule has 1 aromatic heterocycles. The predicted molar refractivity (Wildman–Crippen MR) is 68.2 cm³/mol. The molecule has 1 aromatic carbocycles. The average Bonchev–Trinajstić information content (AvgIpc) is 2.72. The summed E-state index contributed by atoms with van der Waals surface area (Å²) in [6.45, 7) is 1.94. The van der Waals surface area contributed by atoms with E-state index in [-0.39, 0.29) is 10.6 Å². The molecule has 0 radical (unpaired) electrons. The van der Waals surface area contributed by atoms with Gasteiger partial charge in [-0.05, 0) is 12.5 Å². The maximum absolute atomic E-state index is 10.9. The Kier molecular flexibility index (Phi) is 3.23. The Labute approximate surface area is 99.1 Å². The number of allylic oxidation sites excluding steroid dienone is 1. The van der Waals surface area contributed by atoms with E-state index in [1.54, 1.807) is 6.08 Å². The summed E-state index contributed by atoms with van der Waals surface area (Å²) in [4.78, 5) is 13.7. The Bertz CT molecular complexity index is 570. The highest BCUT2D eigenvalue weighted by Crippen LogP contribution is 2.21. The number of nitrogens with one attached hydrogen (secondary N) is 1. The van der Waals surface area contributed by atoms with Crippen molar-refractivity contribution in [3.8, 4) is 0 Å². The van der Waals surface area contributed by atoms with Gasteiger partial charge in [0.25, 0.3) is 0 Å². The first kappa shape index (κ1) is 11.4. The van der Waals surface area contributed by atoms with E-state index in [2.05, 4.69) is 4.98 Å².